The highest BCUT2D eigenvalue weighted by Gasteiger charge is 2.24. The molecule has 3 aromatic rings. The smallest absolute Gasteiger partial charge is 0.290 e. The number of nitrogens with one attached hydrogen (secondary N) is 3. The number of aromatic amines is 1. The summed E-state index contributed by atoms with van der Waals surface area (Å²) >= 11 is 0. The van der Waals surface area contributed by atoms with E-state index in [0.29, 0.717) is 6.54 Å². The molecule has 0 aliphatic heterocycles. The van der Waals surface area contributed by atoms with Crippen LogP contribution < -0.4 is 16.2 Å². The van der Waals surface area contributed by atoms with Gasteiger partial charge >= 0.3 is 0 Å². The highest BCUT2D eigenvalue weighted by molar-refractivity contribution is 5.91. The first-order valence-electron chi connectivity index (χ1n) is 10.2. The Balaban J connectivity index is 1.69. The standard InChI is InChI=1S/C23H25F2N3O4/c1-2-14-4-3-5-15(6-14)12-26-13-20(29)19(9-16-7-17(24)10-18(25)8-16)27-23(31)21-11-22(30)28-32-21/h3-8,10-11,19-20,26,29H,2,9,12-13H2,1H3,(H,27,31)(H,28,30)/t19-,20-/m0/s1. The van der Waals surface area contributed by atoms with E-state index in [1.807, 2.05) is 23.4 Å². The average Bonchev–Trinajstić information content (AvgIpc) is 3.19. The number of amides is 1. The molecule has 0 unspecified atom stereocenters. The normalized spacial score (nSPS) is 13.0. The molecule has 0 fully saturated rings. The fourth-order valence-electron chi connectivity index (χ4n) is 3.37. The summed E-state index contributed by atoms with van der Waals surface area (Å²) in [7, 11) is 0. The van der Waals surface area contributed by atoms with Gasteiger partial charge in [0.15, 0.2) is 0 Å². The third kappa shape index (κ3) is 6.60. The van der Waals surface area contributed by atoms with Crippen molar-refractivity contribution in [3.63, 3.8) is 0 Å². The summed E-state index contributed by atoms with van der Waals surface area (Å²) in [6.07, 6.45) is -0.224. The molecule has 32 heavy (non-hydrogen) atoms. The number of carbonyl (C=O) groups excluding carboxylic acids is 1. The molecule has 0 saturated heterocycles. The van der Waals surface area contributed by atoms with Crippen LogP contribution in [0.25, 0.3) is 0 Å². The topological polar surface area (TPSA) is 107 Å². The Morgan fingerprint density at radius 2 is 1.81 bits per heavy atom. The first-order valence-corrected chi connectivity index (χ1v) is 10.2. The van der Waals surface area contributed by atoms with Gasteiger partial charge in [-0.2, -0.15) is 5.16 Å². The number of halogens is 2. The lowest BCUT2D eigenvalue weighted by molar-refractivity contribution is 0.0796. The zero-order valence-corrected chi connectivity index (χ0v) is 17.5. The molecule has 7 nitrogen and oxygen atoms in total. The fraction of sp³-hybridized carbons (Fsp3) is 0.304. The average molecular weight is 445 g/mol. The number of aliphatic hydroxyl groups excluding tert-OH is 1. The first kappa shape index (κ1) is 23.4. The Bertz CT molecular complexity index is 1090. The van der Waals surface area contributed by atoms with Gasteiger partial charge in [-0.25, -0.2) is 8.78 Å². The molecule has 2 aromatic carbocycles. The van der Waals surface area contributed by atoms with E-state index in [1.54, 1.807) is 0 Å². The molecule has 1 aromatic heterocycles. The summed E-state index contributed by atoms with van der Waals surface area (Å²) in [4.78, 5) is 23.6. The van der Waals surface area contributed by atoms with Crippen molar-refractivity contribution in [2.75, 3.05) is 6.54 Å². The second-order valence-corrected chi connectivity index (χ2v) is 7.51. The van der Waals surface area contributed by atoms with E-state index in [2.05, 4.69) is 23.6 Å². The van der Waals surface area contributed by atoms with Gasteiger partial charge in [0.2, 0.25) is 5.76 Å². The van der Waals surface area contributed by atoms with Crippen LogP contribution in [0.4, 0.5) is 8.78 Å². The Morgan fingerprint density at radius 3 is 2.47 bits per heavy atom. The lowest BCUT2D eigenvalue weighted by Crippen LogP contribution is -2.48. The van der Waals surface area contributed by atoms with E-state index in [-0.39, 0.29) is 24.3 Å². The van der Waals surface area contributed by atoms with Crippen LogP contribution in [0.5, 0.6) is 0 Å². The summed E-state index contributed by atoms with van der Waals surface area (Å²) in [5.41, 5.74) is 1.91. The molecule has 9 heteroatoms. The molecular weight excluding hydrogens is 420 g/mol. The highest BCUT2D eigenvalue weighted by Crippen LogP contribution is 2.13. The van der Waals surface area contributed by atoms with E-state index < -0.39 is 35.2 Å². The summed E-state index contributed by atoms with van der Waals surface area (Å²) in [6.45, 7) is 2.66. The summed E-state index contributed by atoms with van der Waals surface area (Å²) in [6, 6.07) is 11.1. The van der Waals surface area contributed by atoms with Gasteiger partial charge in [-0.3, -0.25) is 9.59 Å². The summed E-state index contributed by atoms with van der Waals surface area (Å²) in [5.74, 6) is -2.52. The Kier molecular flexibility index (Phi) is 7.91. The Hall–Kier alpha value is -3.30. The van der Waals surface area contributed by atoms with Crippen LogP contribution in [-0.4, -0.2) is 34.9 Å². The highest BCUT2D eigenvalue weighted by atomic mass is 19.1. The molecule has 0 spiro atoms. The lowest BCUT2D eigenvalue weighted by atomic mass is 10.00. The predicted molar refractivity (Wildman–Crippen MR) is 114 cm³/mol. The van der Waals surface area contributed by atoms with Crippen molar-refractivity contribution in [2.45, 2.75) is 38.5 Å². The quantitative estimate of drug-likeness (QED) is 0.383. The molecule has 4 N–H and O–H groups in total. The van der Waals surface area contributed by atoms with Crippen molar-refractivity contribution in [1.82, 2.24) is 15.8 Å². The number of aromatic nitrogens is 1. The number of rotatable bonds is 10. The summed E-state index contributed by atoms with van der Waals surface area (Å²) in [5, 5.41) is 18.4. The van der Waals surface area contributed by atoms with Gasteiger partial charge in [-0.05, 0) is 41.7 Å². The van der Waals surface area contributed by atoms with Crippen LogP contribution in [0.1, 0.15) is 34.2 Å². The molecule has 0 radical (unpaired) electrons. The van der Waals surface area contributed by atoms with Gasteiger partial charge in [-0.1, -0.05) is 31.2 Å². The van der Waals surface area contributed by atoms with Crippen molar-refractivity contribution in [2.24, 2.45) is 0 Å². The van der Waals surface area contributed by atoms with E-state index in [1.165, 1.54) is 5.56 Å². The van der Waals surface area contributed by atoms with E-state index in [0.717, 1.165) is 36.2 Å². The Morgan fingerprint density at radius 1 is 1.09 bits per heavy atom. The molecule has 1 amide bonds. The zero-order chi connectivity index (χ0) is 23.1. The molecule has 0 bridgehead atoms. The molecule has 3 rings (SSSR count). The van der Waals surface area contributed by atoms with Crippen molar-refractivity contribution in [3.8, 4) is 0 Å². The number of aryl methyl sites for hydroxylation is 1. The van der Waals surface area contributed by atoms with Crippen molar-refractivity contribution >= 4 is 5.91 Å². The minimum atomic E-state index is -1.09. The first-order chi connectivity index (χ1) is 15.3. The van der Waals surface area contributed by atoms with Gasteiger partial charge in [0, 0.05) is 19.2 Å². The minimum absolute atomic E-state index is 0.0385. The largest absolute Gasteiger partial charge is 0.390 e. The van der Waals surface area contributed by atoms with Crippen LogP contribution in [0, 0.1) is 11.6 Å². The number of benzene rings is 2. The lowest BCUT2D eigenvalue weighted by Gasteiger charge is -2.24. The molecule has 0 saturated carbocycles. The van der Waals surface area contributed by atoms with Gasteiger partial charge in [-0.15, -0.1) is 0 Å². The molecule has 0 aliphatic rings. The van der Waals surface area contributed by atoms with E-state index in [9.17, 15) is 23.5 Å². The van der Waals surface area contributed by atoms with E-state index >= 15 is 0 Å². The third-order valence-electron chi connectivity index (χ3n) is 4.99. The van der Waals surface area contributed by atoms with Gasteiger partial charge < -0.3 is 20.3 Å². The number of hydrogen-bond donors (Lipinski definition) is 4. The maximum absolute atomic E-state index is 13.6. The SMILES string of the molecule is CCc1cccc(CNC[C@H](O)[C@H](Cc2cc(F)cc(F)c2)NC(=O)c2cc(=O)[nH]o2)c1. The van der Waals surface area contributed by atoms with Gasteiger partial charge in [0.25, 0.3) is 11.5 Å². The van der Waals surface area contributed by atoms with Crippen molar-refractivity contribution < 1.29 is 23.2 Å². The third-order valence-corrected chi connectivity index (χ3v) is 4.99. The maximum Gasteiger partial charge on any atom is 0.290 e. The fourth-order valence-corrected chi connectivity index (χ4v) is 3.37. The van der Waals surface area contributed by atoms with Crippen LogP contribution in [-0.2, 0) is 19.4 Å². The number of H-pyrrole nitrogens is 1. The van der Waals surface area contributed by atoms with Crippen molar-refractivity contribution in [3.05, 3.63) is 93.0 Å². The molecule has 170 valence electrons. The van der Waals surface area contributed by atoms with Gasteiger partial charge in [0.1, 0.15) is 11.6 Å². The predicted octanol–water partition coefficient (Wildman–Crippen LogP) is 2.30. The van der Waals surface area contributed by atoms with Crippen LogP contribution in [0.2, 0.25) is 0 Å². The minimum Gasteiger partial charge on any atom is -0.390 e. The summed E-state index contributed by atoms with van der Waals surface area (Å²) < 4.78 is 32.0. The second-order valence-electron chi connectivity index (χ2n) is 7.51. The van der Waals surface area contributed by atoms with Crippen LogP contribution in [0.15, 0.2) is 57.8 Å². The number of hydrogen-bond acceptors (Lipinski definition) is 5. The molecular formula is C23H25F2N3O4. The molecule has 1 heterocycles. The zero-order valence-electron chi connectivity index (χ0n) is 17.5. The number of aliphatic hydroxyl groups is 1. The van der Waals surface area contributed by atoms with E-state index in [4.69, 9.17) is 4.52 Å². The number of carbonyl (C=O) groups is 1. The molecule has 0 aliphatic carbocycles. The maximum atomic E-state index is 13.6. The van der Waals surface area contributed by atoms with Crippen molar-refractivity contribution in [1.29, 1.82) is 0 Å². The van der Waals surface area contributed by atoms with Gasteiger partial charge in [0.05, 0.1) is 18.2 Å². The Labute approximate surface area is 183 Å². The van der Waals surface area contributed by atoms with Crippen LogP contribution in [0.3, 0.4) is 0 Å². The van der Waals surface area contributed by atoms with Crippen LogP contribution >= 0.6 is 0 Å². The monoisotopic (exact) mass is 445 g/mol. The second kappa shape index (κ2) is 10.8. The molecule has 2 atom stereocenters.